The van der Waals surface area contributed by atoms with Gasteiger partial charge >= 0.3 is 18.1 Å². The molecule has 1 aromatic carbocycles. The molecular weight excluding hydrogens is 537 g/mol. The highest BCUT2D eigenvalue weighted by molar-refractivity contribution is 5.89. The molecule has 0 aromatic heterocycles. The molecule has 4 aliphatic rings. The third-order valence-electron chi connectivity index (χ3n) is 10.4. The van der Waals surface area contributed by atoms with Crippen LogP contribution in [0, 0.1) is 34.0 Å². The van der Waals surface area contributed by atoms with Gasteiger partial charge < -0.3 is 14.6 Å². The maximum absolute atomic E-state index is 13.4. The van der Waals surface area contributed by atoms with E-state index in [1.165, 1.54) is 18.2 Å². The van der Waals surface area contributed by atoms with Crippen molar-refractivity contribution < 1.29 is 42.1 Å². The van der Waals surface area contributed by atoms with Gasteiger partial charge in [-0.2, -0.15) is 13.2 Å². The highest BCUT2D eigenvalue weighted by atomic mass is 19.4. The minimum atomic E-state index is -4.58. The van der Waals surface area contributed by atoms with Crippen molar-refractivity contribution in [3.8, 4) is 0 Å². The molecule has 5 rings (SSSR count). The molecule has 7 atom stereocenters. The Labute approximate surface area is 239 Å². The van der Waals surface area contributed by atoms with E-state index >= 15 is 0 Å². The van der Waals surface area contributed by atoms with E-state index in [1.807, 2.05) is 26.8 Å². The first kappa shape index (κ1) is 31.0. The number of aliphatic hydroxyl groups excluding tert-OH is 1. The maximum Gasteiger partial charge on any atom is 0.416 e. The molecule has 1 aromatic rings. The number of benzene rings is 1. The Morgan fingerprint density at radius 3 is 2.49 bits per heavy atom. The molecule has 4 saturated carbocycles. The molecule has 0 saturated heterocycles. The Balaban J connectivity index is 1.45. The molecule has 0 radical (unpaired) electrons. The predicted octanol–water partition coefficient (Wildman–Crippen LogP) is 6.17. The molecule has 0 amide bonds. The zero-order valence-corrected chi connectivity index (χ0v) is 23.8. The Morgan fingerprint density at radius 1 is 1.12 bits per heavy atom. The monoisotopic (exact) mass is 576 g/mol. The maximum atomic E-state index is 13.4. The first-order valence-electron chi connectivity index (χ1n) is 14.2. The lowest BCUT2D eigenvalue weighted by molar-refractivity contribution is -0.171. The first-order chi connectivity index (χ1) is 19.2. The smallest absolute Gasteiger partial charge is 0.416 e. The van der Waals surface area contributed by atoms with Gasteiger partial charge in [0.25, 0.3) is 0 Å². The Hall–Kier alpha value is -2.94. The van der Waals surface area contributed by atoms with E-state index in [1.54, 1.807) is 0 Å². The van der Waals surface area contributed by atoms with E-state index in [2.05, 4.69) is 6.58 Å². The Bertz CT molecular complexity index is 1220. The summed E-state index contributed by atoms with van der Waals surface area (Å²) in [5.41, 5.74) is -2.67. The van der Waals surface area contributed by atoms with Crippen molar-refractivity contribution in [1.29, 1.82) is 0 Å². The lowest BCUT2D eigenvalue weighted by Gasteiger charge is -2.55. The number of rotatable bonds is 7. The summed E-state index contributed by atoms with van der Waals surface area (Å²) in [5.74, 6) is -2.12. The number of carbonyl (C=O) groups is 3. The second-order valence-electron chi connectivity index (χ2n) is 12.5. The highest BCUT2D eigenvalue weighted by Gasteiger charge is 2.65. The predicted molar refractivity (Wildman–Crippen MR) is 146 cm³/mol. The van der Waals surface area contributed by atoms with Gasteiger partial charge in [-0.05, 0) is 67.1 Å². The SMILES string of the molecule is C=C[C@]1(C)CC[C@@H]2CC[C@]3(CCC(=O)[C@H]3[C@]2(C)COC(=O)COC(=O)/C=C/c2ccccc2C(F)(F)F)[C@@H](C)[C@@H]1O. The number of hydrogen-bond acceptors (Lipinski definition) is 6. The molecule has 41 heavy (non-hydrogen) atoms. The minimum absolute atomic E-state index is 0.0331. The third-order valence-corrected chi connectivity index (χ3v) is 10.4. The molecule has 4 aliphatic carbocycles. The van der Waals surface area contributed by atoms with Crippen molar-refractivity contribution in [2.24, 2.45) is 34.0 Å². The van der Waals surface area contributed by atoms with Crippen molar-refractivity contribution in [1.82, 2.24) is 0 Å². The van der Waals surface area contributed by atoms with Gasteiger partial charge in [0.2, 0.25) is 0 Å². The molecule has 9 heteroatoms. The normalized spacial score (nSPS) is 35.3. The number of hydrogen-bond donors (Lipinski definition) is 1. The Kier molecular flexibility index (Phi) is 8.61. The van der Waals surface area contributed by atoms with Gasteiger partial charge in [0.05, 0.1) is 18.3 Å². The van der Waals surface area contributed by atoms with E-state index in [-0.39, 0.29) is 35.7 Å². The van der Waals surface area contributed by atoms with Gasteiger partial charge in [0.1, 0.15) is 5.78 Å². The van der Waals surface area contributed by atoms with Crippen LogP contribution in [0.25, 0.3) is 6.08 Å². The number of Topliss-reactive ketones (excluding diaryl/α,β-unsaturated/α-hetero) is 1. The molecular formula is C32H39F3O6. The topological polar surface area (TPSA) is 89.9 Å². The molecule has 0 aliphatic heterocycles. The van der Waals surface area contributed by atoms with Gasteiger partial charge in [0.15, 0.2) is 6.61 Å². The number of ketones is 1. The van der Waals surface area contributed by atoms with Gasteiger partial charge in [-0.1, -0.05) is 45.0 Å². The summed E-state index contributed by atoms with van der Waals surface area (Å²) in [4.78, 5) is 38.2. The zero-order valence-electron chi connectivity index (χ0n) is 23.8. The summed E-state index contributed by atoms with van der Waals surface area (Å²) >= 11 is 0. The number of alkyl halides is 3. The molecule has 4 fully saturated rings. The molecule has 224 valence electrons. The fraction of sp³-hybridized carbons (Fsp3) is 0.594. The summed E-state index contributed by atoms with van der Waals surface area (Å²) in [6, 6.07) is 4.80. The Morgan fingerprint density at radius 2 is 1.80 bits per heavy atom. The van der Waals surface area contributed by atoms with E-state index in [4.69, 9.17) is 9.47 Å². The van der Waals surface area contributed by atoms with Crippen LogP contribution < -0.4 is 0 Å². The largest absolute Gasteiger partial charge is 0.463 e. The zero-order chi connectivity index (χ0) is 30.2. The molecule has 0 unspecified atom stereocenters. The van der Waals surface area contributed by atoms with Crippen LogP contribution in [0.2, 0.25) is 0 Å². The first-order valence-corrected chi connectivity index (χ1v) is 14.2. The second-order valence-corrected chi connectivity index (χ2v) is 12.5. The number of esters is 2. The molecule has 6 nitrogen and oxygen atoms in total. The molecule has 0 heterocycles. The van der Waals surface area contributed by atoms with Crippen LogP contribution in [-0.2, 0) is 30.0 Å². The average molecular weight is 577 g/mol. The molecule has 1 N–H and O–H groups in total. The fourth-order valence-corrected chi connectivity index (χ4v) is 7.92. The minimum Gasteiger partial charge on any atom is -0.463 e. The summed E-state index contributed by atoms with van der Waals surface area (Å²) in [6.07, 6.45) is 2.60. The van der Waals surface area contributed by atoms with Crippen LogP contribution in [0.3, 0.4) is 0 Å². The van der Waals surface area contributed by atoms with Crippen LogP contribution in [0.1, 0.15) is 70.4 Å². The number of carbonyl (C=O) groups excluding carboxylic acids is 3. The van der Waals surface area contributed by atoms with Gasteiger partial charge in [-0.3, -0.25) is 4.79 Å². The molecule has 2 bridgehead atoms. The van der Waals surface area contributed by atoms with Crippen molar-refractivity contribution >= 4 is 23.8 Å². The van der Waals surface area contributed by atoms with E-state index < -0.39 is 52.6 Å². The van der Waals surface area contributed by atoms with E-state index in [0.29, 0.717) is 19.3 Å². The number of aliphatic hydroxyl groups is 1. The van der Waals surface area contributed by atoms with Crippen LogP contribution in [0.4, 0.5) is 13.2 Å². The van der Waals surface area contributed by atoms with Crippen LogP contribution in [0.15, 0.2) is 43.0 Å². The number of halogens is 3. The lowest BCUT2D eigenvalue weighted by Crippen LogP contribution is -2.56. The van der Waals surface area contributed by atoms with E-state index in [0.717, 1.165) is 37.5 Å². The van der Waals surface area contributed by atoms with Gasteiger partial charge in [-0.15, -0.1) is 6.58 Å². The van der Waals surface area contributed by atoms with Gasteiger partial charge in [-0.25, -0.2) is 9.59 Å². The number of fused-ring (bicyclic) bond motifs is 5. The summed E-state index contributed by atoms with van der Waals surface area (Å²) in [7, 11) is 0. The fourth-order valence-electron chi connectivity index (χ4n) is 7.92. The quantitative estimate of drug-likeness (QED) is 0.237. The highest BCUT2D eigenvalue weighted by Crippen LogP contribution is 2.66. The summed E-state index contributed by atoms with van der Waals surface area (Å²) in [5, 5.41) is 11.5. The third kappa shape index (κ3) is 5.74. The molecule has 1 spiro atoms. The van der Waals surface area contributed by atoms with Crippen molar-refractivity contribution in [3.63, 3.8) is 0 Å². The standard InChI is InChI=1S/C32H39F3O6/c1-5-29(3)15-12-22-13-16-31(20(2)28(29)39)17-14-24(36)27(31)30(22,4)19-41-26(38)18-40-25(37)11-10-21-8-6-7-9-23(21)32(33,34)35/h5-11,20,22,27-28,39H,1,12-19H2,2-4H3/b11-10+/t20-,22+,27-,28-,29+,30+,31-/m0/s1. The van der Waals surface area contributed by atoms with Crippen molar-refractivity contribution in [2.75, 3.05) is 13.2 Å². The van der Waals surface area contributed by atoms with Crippen LogP contribution in [0.5, 0.6) is 0 Å². The average Bonchev–Trinajstić information content (AvgIpc) is 3.31. The number of ether oxygens (including phenoxy) is 2. The van der Waals surface area contributed by atoms with Gasteiger partial charge in [0, 0.05) is 29.2 Å². The van der Waals surface area contributed by atoms with Crippen LogP contribution in [-0.4, -0.2) is 42.1 Å². The summed E-state index contributed by atoms with van der Waals surface area (Å²) in [6.45, 7) is 9.28. The summed E-state index contributed by atoms with van der Waals surface area (Å²) < 4.78 is 50.1. The van der Waals surface area contributed by atoms with Crippen LogP contribution >= 0.6 is 0 Å². The lowest BCUT2D eigenvalue weighted by atomic mass is 9.48. The van der Waals surface area contributed by atoms with Crippen molar-refractivity contribution in [3.05, 3.63) is 54.1 Å². The van der Waals surface area contributed by atoms with E-state index in [9.17, 15) is 32.7 Å². The second kappa shape index (κ2) is 11.4. The van der Waals surface area contributed by atoms with Crippen molar-refractivity contribution in [2.45, 2.75) is 71.6 Å².